The van der Waals surface area contributed by atoms with Gasteiger partial charge in [0.1, 0.15) is 5.75 Å². The number of nitrogens with zero attached hydrogens (tertiary/aromatic N) is 1. The van der Waals surface area contributed by atoms with Crippen LogP contribution in [0.3, 0.4) is 0 Å². The second kappa shape index (κ2) is 8.13. The average molecular weight is 360 g/mol. The van der Waals surface area contributed by atoms with Gasteiger partial charge in [0.2, 0.25) is 0 Å². The zero-order chi connectivity index (χ0) is 17.6. The standard InChI is InChI=1S/C18H21N3O3S/c1-24-15-6-4-14(5-7-15)21(11-16-3-2-10-25-16)18(23)13-20-9-8-19-17(22)12-20/h2-7,10H,8-9,11-13H2,1H3,(H,19,22)/p+1. The van der Waals surface area contributed by atoms with E-state index >= 15 is 0 Å². The molecule has 1 saturated heterocycles. The van der Waals surface area contributed by atoms with E-state index in [0.29, 0.717) is 26.2 Å². The number of hydrogen-bond acceptors (Lipinski definition) is 4. The molecular formula is C18H22N3O3S+. The molecule has 3 rings (SSSR count). The van der Waals surface area contributed by atoms with Crippen LogP contribution in [0.2, 0.25) is 0 Å². The van der Waals surface area contributed by atoms with Crippen molar-refractivity contribution in [2.45, 2.75) is 6.54 Å². The van der Waals surface area contributed by atoms with Crippen molar-refractivity contribution in [3.8, 4) is 5.75 Å². The highest BCUT2D eigenvalue weighted by atomic mass is 32.1. The first-order valence-corrected chi connectivity index (χ1v) is 9.11. The maximum absolute atomic E-state index is 12.9. The fraction of sp³-hybridized carbons (Fsp3) is 0.333. The second-order valence-electron chi connectivity index (χ2n) is 5.96. The summed E-state index contributed by atoms with van der Waals surface area (Å²) in [5, 5.41) is 4.80. The van der Waals surface area contributed by atoms with Crippen molar-refractivity contribution in [1.29, 1.82) is 0 Å². The number of amides is 2. The van der Waals surface area contributed by atoms with E-state index in [0.717, 1.165) is 27.8 Å². The van der Waals surface area contributed by atoms with Gasteiger partial charge in [-0.1, -0.05) is 6.07 Å². The summed E-state index contributed by atoms with van der Waals surface area (Å²) in [6.45, 7) is 2.58. The number of hydrogen-bond donors (Lipinski definition) is 2. The summed E-state index contributed by atoms with van der Waals surface area (Å²) in [5.74, 6) is 0.775. The van der Waals surface area contributed by atoms with Crippen molar-refractivity contribution in [2.75, 3.05) is 38.2 Å². The number of rotatable bonds is 6. The Morgan fingerprint density at radius 1 is 1.32 bits per heavy atom. The van der Waals surface area contributed by atoms with Crippen LogP contribution in [0.1, 0.15) is 4.88 Å². The first-order chi connectivity index (χ1) is 12.2. The second-order valence-corrected chi connectivity index (χ2v) is 6.99. The molecule has 7 heteroatoms. The molecule has 2 N–H and O–H groups in total. The van der Waals surface area contributed by atoms with Gasteiger partial charge in [-0.05, 0) is 35.7 Å². The summed E-state index contributed by atoms with van der Waals surface area (Å²) in [6.07, 6.45) is 0. The van der Waals surface area contributed by atoms with Crippen molar-refractivity contribution >= 4 is 28.8 Å². The topological polar surface area (TPSA) is 63.1 Å². The molecule has 132 valence electrons. The molecule has 1 unspecified atom stereocenters. The highest BCUT2D eigenvalue weighted by Gasteiger charge is 2.26. The molecule has 1 aromatic carbocycles. The Hall–Kier alpha value is -2.38. The van der Waals surface area contributed by atoms with Gasteiger partial charge in [-0.2, -0.15) is 0 Å². The molecule has 1 atom stereocenters. The van der Waals surface area contributed by atoms with Crippen LogP contribution in [0.5, 0.6) is 5.75 Å². The lowest BCUT2D eigenvalue weighted by atomic mass is 10.2. The SMILES string of the molecule is COc1ccc(N(Cc2cccs2)C(=O)C[NH+]2CCNC(=O)C2)cc1. The van der Waals surface area contributed by atoms with Crippen molar-refractivity contribution < 1.29 is 19.2 Å². The van der Waals surface area contributed by atoms with Crippen LogP contribution in [-0.4, -0.2) is 45.1 Å². The maximum Gasteiger partial charge on any atom is 0.282 e. The van der Waals surface area contributed by atoms with Crippen LogP contribution in [0, 0.1) is 0 Å². The molecule has 0 bridgehead atoms. The summed E-state index contributed by atoms with van der Waals surface area (Å²) in [6, 6.07) is 11.5. The van der Waals surface area contributed by atoms with Crippen LogP contribution in [-0.2, 0) is 16.1 Å². The molecule has 1 aromatic heterocycles. The van der Waals surface area contributed by atoms with Gasteiger partial charge < -0.3 is 19.9 Å². The number of anilines is 1. The van der Waals surface area contributed by atoms with Crippen LogP contribution < -0.4 is 19.9 Å². The van der Waals surface area contributed by atoms with E-state index < -0.39 is 0 Å². The average Bonchev–Trinajstić information content (AvgIpc) is 3.13. The molecule has 0 saturated carbocycles. The minimum absolute atomic E-state index is 0.00306. The van der Waals surface area contributed by atoms with Crippen molar-refractivity contribution in [2.24, 2.45) is 0 Å². The number of ether oxygens (including phenoxy) is 1. The predicted octanol–water partition coefficient (Wildman–Crippen LogP) is 0.305. The van der Waals surface area contributed by atoms with Crippen LogP contribution in [0.4, 0.5) is 5.69 Å². The number of quaternary nitrogens is 1. The normalized spacial score (nSPS) is 17.0. The number of methoxy groups -OCH3 is 1. The monoisotopic (exact) mass is 360 g/mol. The predicted molar refractivity (Wildman–Crippen MR) is 97.1 cm³/mol. The number of piperazine rings is 1. The minimum atomic E-state index is 0.00306. The first kappa shape index (κ1) is 17.4. The number of thiophene rings is 1. The lowest BCUT2D eigenvalue weighted by Gasteiger charge is -2.27. The Kier molecular flexibility index (Phi) is 5.67. The first-order valence-electron chi connectivity index (χ1n) is 8.23. The fourth-order valence-corrected chi connectivity index (χ4v) is 3.55. The Balaban J connectivity index is 1.76. The van der Waals surface area contributed by atoms with E-state index in [2.05, 4.69) is 5.32 Å². The van der Waals surface area contributed by atoms with E-state index in [-0.39, 0.29) is 11.8 Å². The van der Waals surface area contributed by atoms with Crippen molar-refractivity contribution in [1.82, 2.24) is 5.32 Å². The number of carbonyl (C=O) groups is 2. The largest absolute Gasteiger partial charge is 0.497 e. The van der Waals surface area contributed by atoms with Gasteiger partial charge >= 0.3 is 0 Å². The van der Waals surface area contributed by atoms with Crippen molar-refractivity contribution in [3.05, 3.63) is 46.7 Å². The van der Waals surface area contributed by atoms with E-state index in [9.17, 15) is 9.59 Å². The van der Waals surface area contributed by atoms with Gasteiger partial charge in [0.15, 0.2) is 13.1 Å². The highest BCUT2D eigenvalue weighted by molar-refractivity contribution is 7.09. The van der Waals surface area contributed by atoms with Gasteiger partial charge in [-0.15, -0.1) is 11.3 Å². The summed E-state index contributed by atoms with van der Waals surface area (Å²) in [4.78, 5) is 28.4. The minimum Gasteiger partial charge on any atom is -0.497 e. The van der Waals surface area contributed by atoms with Crippen LogP contribution in [0.15, 0.2) is 41.8 Å². The Bertz CT molecular complexity index is 716. The molecule has 0 spiro atoms. The lowest BCUT2D eigenvalue weighted by Crippen LogP contribution is -3.16. The number of nitrogens with one attached hydrogen (secondary N) is 2. The van der Waals surface area contributed by atoms with Gasteiger partial charge in [-0.25, -0.2) is 0 Å². The quantitative estimate of drug-likeness (QED) is 0.779. The fourth-order valence-electron chi connectivity index (χ4n) is 2.86. The van der Waals surface area contributed by atoms with Crippen LogP contribution in [0.25, 0.3) is 0 Å². The molecule has 2 heterocycles. The summed E-state index contributed by atoms with van der Waals surface area (Å²) in [7, 11) is 1.62. The number of benzene rings is 1. The third kappa shape index (κ3) is 4.58. The molecule has 2 amide bonds. The summed E-state index contributed by atoms with van der Waals surface area (Å²) < 4.78 is 5.20. The van der Waals surface area contributed by atoms with Gasteiger partial charge in [0.05, 0.1) is 26.7 Å². The highest BCUT2D eigenvalue weighted by Crippen LogP contribution is 2.22. The number of carbonyl (C=O) groups excluding carboxylic acids is 2. The van der Waals surface area contributed by atoms with Crippen LogP contribution >= 0.6 is 11.3 Å². The van der Waals surface area contributed by atoms with Gasteiger partial charge in [-0.3, -0.25) is 9.59 Å². The zero-order valence-electron chi connectivity index (χ0n) is 14.2. The molecule has 1 aliphatic rings. The molecule has 0 aliphatic carbocycles. The third-order valence-electron chi connectivity index (χ3n) is 4.19. The van der Waals surface area contributed by atoms with Crippen molar-refractivity contribution in [3.63, 3.8) is 0 Å². The maximum atomic E-state index is 12.9. The third-order valence-corrected chi connectivity index (χ3v) is 5.05. The molecule has 1 fully saturated rings. The molecule has 0 radical (unpaired) electrons. The molecule has 1 aliphatic heterocycles. The van der Waals surface area contributed by atoms with E-state index in [4.69, 9.17) is 4.74 Å². The zero-order valence-corrected chi connectivity index (χ0v) is 15.0. The molecule has 25 heavy (non-hydrogen) atoms. The Morgan fingerprint density at radius 3 is 2.76 bits per heavy atom. The van der Waals surface area contributed by atoms with Gasteiger partial charge in [0.25, 0.3) is 11.8 Å². The summed E-state index contributed by atoms with van der Waals surface area (Å²) in [5.41, 5.74) is 0.833. The Labute approximate surface area is 151 Å². The van der Waals surface area contributed by atoms with E-state index in [1.54, 1.807) is 23.3 Å². The molecule has 6 nitrogen and oxygen atoms in total. The van der Waals surface area contributed by atoms with E-state index in [1.807, 2.05) is 41.8 Å². The molecular weight excluding hydrogens is 338 g/mol. The Morgan fingerprint density at radius 2 is 2.12 bits per heavy atom. The van der Waals surface area contributed by atoms with Gasteiger partial charge in [0, 0.05) is 10.6 Å². The molecule has 2 aromatic rings. The lowest BCUT2D eigenvalue weighted by molar-refractivity contribution is -0.885. The smallest absolute Gasteiger partial charge is 0.282 e. The van der Waals surface area contributed by atoms with E-state index in [1.165, 1.54) is 0 Å². The summed E-state index contributed by atoms with van der Waals surface area (Å²) >= 11 is 1.63.